The molecule has 0 aliphatic heterocycles. The maximum Gasteiger partial charge on any atom is 0.244 e. The molecule has 3 aromatic rings. The highest BCUT2D eigenvalue weighted by Crippen LogP contribution is 2.23. The summed E-state index contributed by atoms with van der Waals surface area (Å²) in [5.74, 6) is 0.472. The van der Waals surface area contributed by atoms with Gasteiger partial charge in [0, 0.05) is 17.6 Å². The Labute approximate surface area is 177 Å². The first-order valence-electron chi connectivity index (χ1n) is 10.3. The van der Waals surface area contributed by atoms with Crippen molar-refractivity contribution in [3.63, 3.8) is 0 Å². The molecular formula is C24H29N3O3. The molecule has 0 radical (unpaired) electrons. The molecule has 2 N–H and O–H groups in total. The fourth-order valence-corrected chi connectivity index (χ4v) is 3.31. The lowest BCUT2D eigenvalue weighted by atomic mass is 10.2. The van der Waals surface area contributed by atoms with Gasteiger partial charge in [0.15, 0.2) is 0 Å². The topological polar surface area (TPSA) is 74.6 Å². The average molecular weight is 408 g/mol. The molecule has 0 saturated heterocycles. The summed E-state index contributed by atoms with van der Waals surface area (Å²) >= 11 is 0. The van der Waals surface area contributed by atoms with Gasteiger partial charge in [0.25, 0.3) is 0 Å². The summed E-state index contributed by atoms with van der Waals surface area (Å²) in [5, 5.41) is 7.14. The fraction of sp³-hybridized carbons (Fsp3) is 0.333. The number of benzene rings is 2. The van der Waals surface area contributed by atoms with Gasteiger partial charge in [-0.2, -0.15) is 0 Å². The number of carbonyl (C=O) groups excluding carboxylic acids is 2. The first-order chi connectivity index (χ1) is 14.5. The molecule has 0 aliphatic carbocycles. The smallest absolute Gasteiger partial charge is 0.244 e. The number of hydrogen-bond donors (Lipinski definition) is 2. The lowest BCUT2D eigenvalue weighted by Crippen LogP contribution is -2.43. The Bertz CT molecular complexity index is 979. The summed E-state index contributed by atoms with van der Waals surface area (Å²) in [6.07, 6.45) is 0.780. The van der Waals surface area contributed by atoms with Gasteiger partial charge in [-0.1, -0.05) is 43.3 Å². The summed E-state index contributed by atoms with van der Waals surface area (Å²) in [7, 11) is 0. The third kappa shape index (κ3) is 5.48. The van der Waals surface area contributed by atoms with Crippen LogP contribution in [0.5, 0.6) is 0 Å². The van der Waals surface area contributed by atoms with Gasteiger partial charge in [-0.05, 0) is 44.0 Å². The molecule has 158 valence electrons. The Kier molecular flexibility index (Phi) is 7.25. The molecule has 6 heteroatoms. The number of carbonyl (C=O) groups is 2. The molecule has 0 saturated carbocycles. The van der Waals surface area contributed by atoms with Crippen molar-refractivity contribution < 1.29 is 14.0 Å². The number of nitrogens with zero attached hydrogens (tertiary/aromatic N) is 1. The van der Waals surface area contributed by atoms with Crippen LogP contribution >= 0.6 is 0 Å². The van der Waals surface area contributed by atoms with E-state index in [9.17, 15) is 9.59 Å². The number of para-hydroxylation sites is 2. The predicted octanol–water partition coefficient (Wildman–Crippen LogP) is 4.27. The number of rotatable bonds is 9. The third-order valence-electron chi connectivity index (χ3n) is 5.03. The summed E-state index contributed by atoms with van der Waals surface area (Å²) in [5.41, 5.74) is 2.58. The van der Waals surface area contributed by atoms with Gasteiger partial charge in [0.1, 0.15) is 11.3 Å². The molecule has 3 rings (SSSR count). The van der Waals surface area contributed by atoms with Gasteiger partial charge in [-0.15, -0.1) is 0 Å². The molecule has 1 heterocycles. The van der Waals surface area contributed by atoms with Crippen LogP contribution < -0.4 is 10.6 Å². The standard InChI is InChI=1S/C24H29N3O3/c1-4-13-27(16-23(28)26-20-11-7-5-9-17(20)2)24(29)15-25-18(3)22-14-19-10-6-8-12-21(19)30-22/h5-12,14,18,25H,4,13,15-16H2,1-3H3,(H,26,28). The minimum absolute atomic E-state index is 0.0295. The largest absolute Gasteiger partial charge is 0.459 e. The monoisotopic (exact) mass is 407 g/mol. The molecule has 0 fully saturated rings. The minimum Gasteiger partial charge on any atom is -0.459 e. The van der Waals surface area contributed by atoms with Crippen LogP contribution in [0.1, 0.15) is 37.6 Å². The molecule has 2 amide bonds. The van der Waals surface area contributed by atoms with E-state index in [1.54, 1.807) is 4.90 Å². The van der Waals surface area contributed by atoms with E-state index in [4.69, 9.17) is 4.42 Å². The van der Waals surface area contributed by atoms with Crippen molar-refractivity contribution >= 4 is 28.5 Å². The Balaban J connectivity index is 1.56. The SMILES string of the molecule is CCCN(CC(=O)Nc1ccccc1C)C(=O)CNC(C)c1cc2ccccc2o1. The lowest BCUT2D eigenvalue weighted by molar-refractivity contribution is -0.134. The highest BCUT2D eigenvalue weighted by atomic mass is 16.3. The van der Waals surface area contributed by atoms with Gasteiger partial charge < -0.3 is 14.6 Å². The summed E-state index contributed by atoms with van der Waals surface area (Å²) < 4.78 is 5.86. The molecule has 30 heavy (non-hydrogen) atoms. The molecular weight excluding hydrogens is 378 g/mol. The van der Waals surface area contributed by atoms with E-state index in [0.717, 1.165) is 34.4 Å². The highest BCUT2D eigenvalue weighted by Gasteiger charge is 2.19. The zero-order valence-corrected chi connectivity index (χ0v) is 17.8. The van der Waals surface area contributed by atoms with Gasteiger partial charge in [0.2, 0.25) is 11.8 Å². The number of aryl methyl sites for hydroxylation is 1. The maximum atomic E-state index is 12.7. The molecule has 0 spiro atoms. The van der Waals surface area contributed by atoms with Crippen LogP contribution in [0.2, 0.25) is 0 Å². The van der Waals surface area contributed by atoms with E-state index < -0.39 is 0 Å². The van der Waals surface area contributed by atoms with Gasteiger partial charge in [-0.25, -0.2) is 0 Å². The summed E-state index contributed by atoms with van der Waals surface area (Å²) in [4.78, 5) is 26.8. The number of hydrogen-bond acceptors (Lipinski definition) is 4. The van der Waals surface area contributed by atoms with Gasteiger partial charge in [-0.3, -0.25) is 14.9 Å². The Morgan fingerprint density at radius 2 is 1.83 bits per heavy atom. The molecule has 1 atom stereocenters. The first-order valence-corrected chi connectivity index (χ1v) is 10.3. The highest BCUT2D eigenvalue weighted by molar-refractivity contribution is 5.95. The number of amides is 2. The van der Waals surface area contributed by atoms with Crippen molar-refractivity contribution in [2.24, 2.45) is 0 Å². The summed E-state index contributed by atoms with van der Waals surface area (Å²) in [6.45, 7) is 6.58. The van der Waals surface area contributed by atoms with Crippen LogP contribution in [0.4, 0.5) is 5.69 Å². The normalized spacial score (nSPS) is 12.0. The maximum absolute atomic E-state index is 12.7. The van der Waals surface area contributed by atoms with Crippen LogP contribution in [-0.4, -0.2) is 36.3 Å². The Morgan fingerprint density at radius 3 is 2.57 bits per heavy atom. The van der Waals surface area contributed by atoms with E-state index in [1.165, 1.54) is 0 Å². The van der Waals surface area contributed by atoms with E-state index >= 15 is 0 Å². The first kappa shape index (κ1) is 21.6. The van der Waals surface area contributed by atoms with Crippen molar-refractivity contribution in [2.75, 3.05) is 25.0 Å². The van der Waals surface area contributed by atoms with Crippen LogP contribution in [0.25, 0.3) is 11.0 Å². The van der Waals surface area contributed by atoms with E-state index in [-0.39, 0.29) is 30.9 Å². The van der Waals surface area contributed by atoms with Crippen LogP contribution in [0.15, 0.2) is 59.0 Å². The van der Waals surface area contributed by atoms with E-state index in [1.807, 2.05) is 75.4 Å². The quantitative estimate of drug-likeness (QED) is 0.556. The average Bonchev–Trinajstić information content (AvgIpc) is 3.17. The Morgan fingerprint density at radius 1 is 1.10 bits per heavy atom. The predicted molar refractivity (Wildman–Crippen MR) is 119 cm³/mol. The Hall–Kier alpha value is -3.12. The number of fused-ring (bicyclic) bond motifs is 1. The number of furan rings is 1. The molecule has 0 bridgehead atoms. The van der Waals surface area contributed by atoms with Crippen LogP contribution in [0.3, 0.4) is 0 Å². The molecule has 6 nitrogen and oxygen atoms in total. The molecule has 1 unspecified atom stereocenters. The van der Waals surface area contributed by atoms with Crippen molar-refractivity contribution in [3.05, 3.63) is 65.9 Å². The van der Waals surface area contributed by atoms with Crippen LogP contribution in [0, 0.1) is 6.92 Å². The van der Waals surface area contributed by atoms with E-state index in [0.29, 0.717) is 6.54 Å². The number of nitrogens with one attached hydrogen (secondary N) is 2. The molecule has 2 aromatic carbocycles. The van der Waals surface area contributed by atoms with Gasteiger partial charge >= 0.3 is 0 Å². The van der Waals surface area contributed by atoms with E-state index in [2.05, 4.69) is 10.6 Å². The lowest BCUT2D eigenvalue weighted by Gasteiger charge is -2.23. The second kappa shape index (κ2) is 10.1. The summed E-state index contributed by atoms with van der Waals surface area (Å²) in [6, 6.07) is 17.3. The zero-order valence-electron chi connectivity index (χ0n) is 17.8. The van der Waals surface area contributed by atoms with Crippen molar-refractivity contribution in [2.45, 2.75) is 33.2 Å². The van der Waals surface area contributed by atoms with Crippen molar-refractivity contribution in [1.29, 1.82) is 0 Å². The van der Waals surface area contributed by atoms with Crippen molar-refractivity contribution in [1.82, 2.24) is 10.2 Å². The number of anilines is 1. The van der Waals surface area contributed by atoms with Gasteiger partial charge in [0.05, 0.1) is 19.1 Å². The third-order valence-corrected chi connectivity index (χ3v) is 5.03. The van der Waals surface area contributed by atoms with Crippen molar-refractivity contribution in [3.8, 4) is 0 Å². The van der Waals surface area contributed by atoms with Crippen LogP contribution in [-0.2, 0) is 9.59 Å². The second-order valence-corrected chi connectivity index (χ2v) is 7.47. The second-order valence-electron chi connectivity index (χ2n) is 7.47. The minimum atomic E-state index is -0.198. The zero-order chi connectivity index (χ0) is 21.5. The molecule has 1 aromatic heterocycles. The fourth-order valence-electron chi connectivity index (χ4n) is 3.31. The molecule has 0 aliphatic rings.